The maximum Gasteiger partial charge on any atom is 0.207 e. The molecule has 0 unspecified atom stereocenters. The number of carbonyl (C=O) groups is 1. The molecule has 1 N–H and O–H groups in total. The third-order valence-electron chi connectivity index (χ3n) is 0.447. The van der Waals surface area contributed by atoms with Crippen molar-refractivity contribution in [3.63, 3.8) is 0 Å². The van der Waals surface area contributed by atoms with Crippen molar-refractivity contribution < 1.29 is 6.17 Å². The van der Waals surface area contributed by atoms with Gasteiger partial charge in [-0.25, -0.2) is 0 Å². The van der Waals surface area contributed by atoms with Gasteiger partial charge in [0.05, 0.1) is 0 Å². The Hall–Kier alpha value is -0.530. The minimum atomic E-state index is -0.693. The predicted molar refractivity (Wildman–Crippen MR) is 24.4 cm³/mol. The van der Waals surface area contributed by atoms with Crippen LogP contribution < -0.4 is 5.32 Å². The summed E-state index contributed by atoms with van der Waals surface area (Å²) in [5.74, 6) is 0. The first-order valence-electron chi connectivity index (χ1n) is 2.51. The highest BCUT2D eigenvalue weighted by Gasteiger charge is 1.69. The summed E-state index contributed by atoms with van der Waals surface area (Å²) in [5.41, 5.74) is 0. The maximum atomic E-state index is 9.76. The summed E-state index contributed by atoms with van der Waals surface area (Å²) in [6.07, 6.45) is 0.201. The van der Waals surface area contributed by atoms with Crippen LogP contribution in [0.25, 0.3) is 0 Å². The van der Waals surface area contributed by atoms with Gasteiger partial charge in [0.2, 0.25) is 6.39 Å². The molecular formula is C4H9NO. The molecule has 0 aliphatic heterocycles. The van der Waals surface area contributed by atoms with Crippen molar-refractivity contribution in [3.8, 4) is 0 Å². The first-order valence-corrected chi connectivity index (χ1v) is 2.01. The zero-order valence-electron chi connectivity index (χ0n) is 4.82. The van der Waals surface area contributed by atoms with E-state index >= 15 is 0 Å². The fourth-order valence-electron chi connectivity index (χ4n) is 0.176. The molecule has 0 fully saturated rings. The average Bonchev–Trinajstić information content (AvgIpc) is 1.61. The van der Waals surface area contributed by atoms with Crippen LogP contribution in [0.5, 0.6) is 0 Å². The van der Waals surface area contributed by atoms with Crippen LogP contribution in [0.1, 0.15) is 14.7 Å². The van der Waals surface area contributed by atoms with E-state index < -0.39 is 6.39 Å². The van der Waals surface area contributed by atoms with E-state index in [1.165, 1.54) is 0 Å². The van der Waals surface area contributed by atoms with Crippen LogP contribution in [-0.4, -0.2) is 12.9 Å². The number of amides is 1. The van der Waals surface area contributed by atoms with Gasteiger partial charge in [-0.05, 0) is 6.42 Å². The molecule has 2 heteroatoms. The third kappa shape index (κ3) is 3.47. The van der Waals surface area contributed by atoms with Crippen LogP contribution in [-0.2, 0) is 4.79 Å². The number of nitrogens with one attached hydrogen (secondary N) is 1. The molecule has 6 heavy (non-hydrogen) atoms. The molecule has 0 aromatic heterocycles. The Labute approximate surface area is 39.0 Å². The van der Waals surface area contributed by atoms with Gasteiger partial charge in [0.25, 0.3) is 0 Å². The van der Waals surface area contributed by atoms with E-state index in [0.29, 0.717) is 6.54 Å². The monoisotopic (exact) mass is 89.1 g/mol. The fraction of sp³-hybridized carbons (Fsp3) is 0.750. The fourth-order valence-corrected chi connectivity index (χ4v) is 0.176. The zero-order valence-corrected chi connectivity index (χ0v) is 3.82. The lowest BCUT2D eigenvalue weighted by Crippen LogP contribution is -2.10. The first kappa shape index (κ1) is 3.65. The summed E-state index contributed by atoms with van der Waals surface area (Å²) in [4.78, 5) is 9.76. The van der Waals surface area contributed by atoms with E-state index in [2.05, 4.69) is 5.32 Å². The van der Waals surface area contributed by atoms with Crippen LogP contribution in [0.3, 0.4) is 0 Å². The lowest BCUT2D eigenvalue weighted by molar-refractivity contribution is -0.109. The van der Waals surface area contributed by atoms with E-state index in [-0.39, 0.29) is 0 Å². The van der Waals surface area contributed by atoms with E-state index in [0.717, 1.165) is 6.42 Å². The molecule has 36 valence electrons. The lowest BCUT2D eigenvalue weighted by atomic mass is 10.5. The Bertz CT molecular complexity index is 64.7. The molecule has 0 bridgehead atoms. The summed E-state index contributed by atoms with van der Waals surface area (Å²) in [5, 5.41) is 2.32. The molecule has 0 saturated heterocycles. The summed E-state index contributed by atoms with van der Waals surface area (Å²) in [6.45, 7) is 2.55. The van der Waals surface area contributed by atoms with Crippen molar-refractivity contribution in [2.45, 2.75) is 13.3 Å². The van der Waals surface area contributed by atoms with Gasteiger partial charge >= 0.3 is 0 Å². The minimum absolute atomic E-state index is 0.613. The molecule has 0 radical (unpaired) electrons. The van der Waals surface area contributed by atoms with Gasteiger partial charge in [0.15, 0.2) is 0 Å². The van der Waals surface area contributed by atoms with Crippen LogP contribution in [0.15, 0.2) is 0 Å². The second kappa shape index (κ2) is 4.47. The van der Waals surface area contributed by atoms with Crippen molar-refractivity contribution in [1.29, 1.82) is 0 Å². The minimum Gasteiger partial charge on any atom is -0.359 e. The Morgan fingerprint density at radius 3 is 3.00 bits per heavy atom. The number of hydrogen-bond acceptors (Lipinski definition) is 1. The van der Waals surface area contributed by atoms with Gasteiger partial charge in [-0.15, -0.1) is 0 Å². The van der Waals surface area contributed by atoms with Crippen molar-refractivity contribution in [1.82, 2.24) is 5.32 Å². The molecule has 0 rings (SSSR count). The van der Waals surface area contributed by atoms with Gasteiger partial charge in [-0.1, -0.05) is 6.92 Å². The largest absolute Gasteiger partial charge is 0.359 e. The molecule has 0 saturated carbocycles. The Kier molecular flexibility index (Phi) is 2.72. The molecule has 2 nitrogen and oxygen atoms in total. The van der Waals surface area contributed by atoms with E-state index in [4.69, 9.17) is 1.37 Å². The quantitative estimate of drug-likeness (QED) is 0.479. The summed E-state index contributed by atoms with van der Waals surface area (Å²) < 4.78 is 6.33. The second-order valence-electron chi connectivity index (χ2n) is 1.03. The predicted octanol–water partition coefficient (Wildman–Crippen LogP) is 0.142. The highest BCUT2D eigenvalue weighted by atomic mass is 16.1. The Morgan fingerprint density at radius 2 is 2.83 bits per heavy atom. The summed E-state index contributed by atoms with van der Waals surface area (Å²) in [6, 6.07) is 0. The zero-order chi connectivity index (χ0) is 5.70. The molecule has 0 atom stereocenters. The van der Waals surface area contributed by atoms with Gasteiger partial charge in [-0.2, -0.15) is 0 Å². The normalized spacial score (nSPS) is 9.83. The van der Waals surface area contributed by atoms with Crippen molar-refractivity contribution >= 4 is 6.39 Å². The van der Waals surface area contributed by atoms with Crippen LogP contribution in [0, 0.1) is 0 Å². The van der Waals surface area contributed by atoms with Crippen molar-refractivity contribution in [2.24, 2.45) is 0 Å². The Morgan fingerprint density at radius 1 is 2.17 bits per heavy atom. The highest BCUT2D eigenvalue weighted by molar-refractivity contribution is 5.45. The second-order valence-corrected chi connectivity index (χ2v) is 1.03. The molecule has 0 aliphatic carbocycles. The third-order valence-corrected chi connectivity index (χ3v) is 0.447. The average molecular weight is 89.1 g/mol. The molecule has 0 aliphatic rings. The van der Waals surface area contributed by atoms with Gasteiger partial charge in [0, 0.05) is 6.54 Å². The van der Waals surface area contributed by atoms with E-state index in [9.17, 15) is 4.79 Å². The smallest absolute Gasteiger partial charge is 0.207 e. The standard InChI is InChI=1S/C4H9NO/c1-2-3-5-4-6/h4H,2-3H2,1H3,(H,5,6)/i4T. The molecular weight excluding hydrogens is 78.0 g/mol. The van der Waals surface area contributed by atoms with Crippen molar-refractivity contribution in [3.05, 3.63) is 0 Å². The van der Waals surface area contributed by atoms with E-state index in [1.54, 1.807) is 0 Å². The molecule has 0 heterocycles. The summed E-state index contributed by atoms with van der Waals surface area (Å²) in [7, 11) is 0. The topological polar surface area (TPSA) is 29.1 Å². The number of rotatable bonds is 2. The van der Waals surface area contributed by atoms with E-state index in [1.807, 2.05) is 6.92 Å². The van der Waals surface area contributed by atoms with Gasteiger partial charge in [-0.3, -0.25) is 4.79 Å². The van der Waals surface area contributed by atoms with Crippen molar-refractivity contribution in [2.75, 3.05) is 6.54 Å². The molecule has 0 spiro atoms. The van der Waals surface area contributed by atoms with Gasteiger partial charge in [0.1, 0.15) is 1.37 Å². The SMILES string of the molecule is [3H]C(=O)NCCC. The van der Waals surface area contributed by atoms with Crippen LogP contribution in [0.2, 0.25) is 0 Å². The Balaban J connectivity index is 2.82. The molecule has 1 amide bonds. The van der Waals surface area contributed by atoms with Crippen LogP contribution in [0.4, 0.5) is 0 Å². The maximum absolute atomic E-state index is 9.76. The summed E-state index contributed by atoms with van der Waals surface area (Å²) >= 11 is 0. The van der Waals surface area contributed by atoms with Crippen LogP contribution >= 0.6 is 0 Å². The molecule has 0 aromatic rings. The number of hydrogen-bond donors (Lipinski definition) is 1. The lowest BCUT2D eigenvalue weighted by Gasteiger charge is -1.86. The molecule has 0 aromatic carbocycles. The first-order chi connectivity index (χ1) is 3.27. The number of carbonyl (C=O) groups excluding carboxylic acids is 1. The highest BCUT2D eigenvalue weighted by Crippen LogP contribution is 1.63. The van der Waals surface area contributed by atoms with Gasteiger partial charge < -0.3 is 5.32 Å².